The van der Waals surface area contributed by atoms with Gasteiger partial charge in [0, 0.05) is 23.8 Å². The average Bonchev–Trinajstić information content (AvgIpc) is 3.46. The van der Waals surface area contributed by atoms with Crippen LogP contribution in [0.1, 0.15) is 86.6 Å². The van der Waals surface area contributed by atoms with Crippen molar-refractivity contribution in [3.05, 3.63) is 58.7 Å². The zero-order valence-corrected chi connectivity index (χ0v) is 27.6. The summed E-state index contributed by atoms with van der Waals surface area (Å²) in [5, 5.41) is 12.0. The lowest BCUT2D eigenvalue weighted by atomic mass is 9.49. The number of hydrogen-bond acceptors (Lipinski definition) is 6. The van der Waals surface area contributed by atoms with Gasteiger partial charge in [-0.3, -0.25) is 4.79 Å². The molecule has 1 aromatic heterocycles. The summed E-state index contributed by atoms with van der Waals surface area (Å²) < 4.78 is 128. The summed E-state index contributed by atoms with van der Waals surface area (Å²) in [5.74, 6) is 0.382. The van der Waals surface area contributed by atoms with Gasteiger partial charge in [-0.1, -0.05) is 12.0 Å². The number of ether oxygens (including phenoxy) is 1. The Bertz CT molecular complexity index is 1740. The first-order valence-electron chi connectivity index (χ1n) is 16.8. The molecule has 0 spiro atoms. The molecule has 2 aromatic carbocycles. The van der Waals surface area contributed by atoms with Gasteiger partial charge in [0.25, 0.3) is 5.95 Å². The smallest absolute Gasteiger partial charge is 0.406 e. The molecule has 2 heterocycles. The van der Waals surface area contributed by atoms with Gasteiger partial charge in [-0.2, -0.15) is 31.1 Å². The van der Waals surface area contributed by atoms with E-state index in [1.807, 2.05) is 6.92 Å². The molecule has 2 atom stereocenters. The molecular weight excluding hydrogens is 695 g/mol. The second-order valence-corrected chi connectivity index (χ2v) is 14.6. The maximum absolute atomic E-state index is 14.9. The van der Waals surface area contributed by atoms with Crippen LogP contribution in [0.3, 0.4) is 0 Å². The molecule has 4 aliphatic carbocycles. The molecule has 0 radical (unpaired) electrons. The number of carbonyl (C=O) groups is 1. The highest BCUT2D eigenvalue weighted by Gasteiger charge is 2.57. The predicted octanol–water partition coefficient (Wildman–Crippen LogP) is 8.63. The molecule has 51 heavy (non-hydrogen) atoms. The SMILES string of the molecule is CC[C@@H]1C[C@H](N(Cc2cc(C(F)(F)F)cc(C(F)(F)F)c2)c2nnn(C)n2)c2cc(OC(F)(F)F)ccc2N1C(=O)C12CC3CC(CC(C3)C1)C2. The van der Waals surface area contributed by atoms with Gasteiger partial charge in [-0.05, 0) is 116 Å². The molecule has 1 aliphatic heterocycles. The number of alkyl halides is 9. The Morgan fingerprint density at radius 2 is 1.47 bits per heavy atom. The Hall–Kier alpha value is -4.05. The number of anilines is 2. The lowest BCUT2D eigenvalue weighted by molar-refractivity contribution is -0.274. The number of aromatic nitrogens is 4. The van der Waals surface area contributed by atoms with Crippen LogP contribution in [-0.2, 0) is 30.7 Å². The first kappa shape index (κ1) is 35.4. The summed E-state index contributed by atoms with van der Waals surface area (Å²) in [7, 11) is 1.41. The number of rotatable bonds is 7. The molecule has 0 unspecified atom stereocenters. The first-order valence-corrected chi connectivity index (χ1v) is 16.8. The average molecular weight is 731 g/mol. The van der Waals surface area contributed by atoms with Crippen molar-refractivity contribution in [1.29, 1.82) is 0 Å². The zero-order chi connectivity index (χ0) is 36.7. The number of benzene rings is 2. The van der Waals surface area contributed by atoms with E-state index in [1.165, 1.54) is 18.0 Å². The zero-order valence-electron chi connectivity index (χ0n) is 27.6. The van der Waals surface area contributed by atoms with Gasteiger partial charge in [0.05, 0.1) is 29.6 Å². The van der Waals surface area contributed by atoms with E-state index in [0.29, 0.717) is 42.0 Å². The number of hydrogen-bond donors (Lipinski definition) is 0. The van der Waals surface area contributed by atoms with E-state index in [-0.39, 0.29) is 29.9 Å². The normalized spacial score (nSPS) is 27.4. The molecule has 0 saturated heterocycles. The second-order valence-electron chi connectivity index (χ2n) is 14.6. The maximum atomic E-state index is 14.9. The molecular formula is C34H35F9N6O2. The number of tetrazole rings is 1. The molecule has 4 fully saturated rings. The van der Waals surface area contributed by atoms with Gasteiger partial charge in [0.15, 0.2) is 0 Å². The Morgan fingerprint density at radius 1 is 0.882 bits per heavy atom. The molecule has 17 heteroatoms. The predicted molar refractivity (Wildman–Crippen MR) is 164 cm³/mol. The molecule has 0 N–H and O–H groups in total. The van der Waals surface area contributed by atoms with Gasteiger partial charge in [-0.15, -0.1) is 18.3 Å². The van der Waals surface area contributed by atoms with Crippen molar-refractivity contribution in [3.63, 3.8) is 0 Å². The van der Waals surface area contributed by atoms with Crippen molar-refractivity contribution in [2.75, 3.05) is 9.80 Å². The lowest BCUT2D eigenvalue weighted by Gasteiger charge is -2.57. The molecule has 4 bridgehead atoms. The Balaban J connectivity index is 1.35. The monoisotopic (exact) mass is 730 g/mol. The summed E-state index contributed by atoms with van der Waals surface area (Å²) in [6.45, 7) is 1.24. The van der Waals surface area contributed by atoms with Crippen molar-refractivity contribution < 1.29 is 49.0 Å². The van der Waals surface area contributed by atoms with Crippen LogP contribution < -0.4 is 14.5 Å². The third kappa shape index (κ3) is 6.84. The Kier molecular flexibility index (Phi) is 8.51. The topological polar surface area (TPSA) is 76.4 Å². The summed E-state index contributed by atoms with van der Waals surface area (Å²) in [4.78, 5) is 18.9. The maximum Gasteiger partial charge on any atom is 0.573 e. The van der Waals surface area contributed by atoms with Crippen molar-refractivity contribution in [2.24, 2.45) is 30.2 Å². The molecule has 1 amide bonds. The van der Waals surface area contributed by atoms with E-state index in [4.69, 9.17) is 0 Å². The van der Waals surface area contributed by atoms with Gasteiger partial charge >= 0.3 is 18.7 Å². The summed E-state index contributed by atoms with van der Waals surface area (Å²) in [6, 6.07) is 3.26. The summed E-state index contributed by atoms with van der Waals surface area (Å²) in [5.41, 5.74) is -3.61. The fourth-order valence-electron chi connectivity index (χ4n) is 9.47. The van der Waals surface area contributed by atoms with Crippen molar-refractivity contribution in [1.82, 2.24) is 20.2 Å². The highest BCUT2D eigenvalue weighted by Crippen LogP contribution is 2.61. The summed E-state index contributed by atoms with van der Waals surface area (Å²) >= 11 is 0. The van der Waals surface area contributed by atoms with Crippen LogP contribution in [0, 0.1) is 23.2 Å². The number of halogens is 9. The number of nitrogens with zero attached hydrogens (tertiary/aromatic N) is 6. The molecule has 4 saturated carbocycles. The first-order chi connectivity index (χ1) is 23.8. The van der Waals surface area contributed by atoms with E-state index in [0.717, 1.165) is 55.5 Å². The molecule has 8 nitrogen and oxygen atoms in total. The van der Waals surface area contributed by atoms with E-state index in [1.54, 1.807) is 4.90 Å². The van der Waals surface area contributed by atoms with Crippen molar-refractivity contribution in [3.8, 4) is 5.75 Å². The highest BCUT2D eigenvalue weighted by molar-refractivity contribution is 6.00. The lowest BCUT2D eigenvalue weighted by Crippen LogP contribution is -2.58. The molecule has 5 aliphatic rings. The van der Waals surface area contributed by atoms with E-state index in [9.17, 15) is 44.3 Å². The number of amides is 1. The van der Waals surface area contributed by atoms with E-state index >= 15 is 0 Å². The molecule has 276 valence electrons. The van der Waals surface area contributed by atoms with Crippen LogP contribution >= 0.6 is 0 Å². The highest BCUT2D eigenvalue weighted by atomic mass is 19.4. The minimum atomic E-state index is -5.11. The number of fused-ring (bicyclic) bond motifs is 1. The van der Waals surface area contributed by atoms with Gasteiger partial charge in [-0.25, -0.2) is 0 Å². The third-order valence-corrected chi connectivity index (χ3v) is 11.0. The largest absolute Gasteiger partial charge is 0.573 e. The number of carbonyl (C=O) groups excluding carboxylic acids is 1. The molecule has 3 aromatic rings. The van der Waals surface area contributed by atoms with Crippen LogP contribution in [0.4, 0.5) is 51.1 Å². The fraction of sp³-hybridized carbons (Fsp3) is 0.588. The van der Waals surface area contributed by atoms with Gasteiger partial charge in [0.2, 0.25) is 5.91 Å². The Morgan fingerprint density at radius 3 is 1.96 bits per heavy atom. The van der Waals surface area contributed by atoms with Gasteiger partial charge < -0.3 is 14.5 Å². The van der Waals surface area contributed by atoms with Crippen LogP contribution in [0.25, 0.3) is 0 Å². The van der Waals surface area contributed by atoms with Gasteiger partial charge in [0.1, 0.15) is 5.75 Å². The minimum Gasteiger partial charge on any atom is -0.406 e. The molecule has 8 rings (SSSR count). The standard InChI is InChI=1S/C34H35F9N6O2/c1-3-24-12-28(48(30-44-46-47(2)45-30)17-21-9-22(32(35,36)37)11-23(10-21)33(38,39)40)26-13-25(51-34(41,42)43)4-5-27(26)49(24)29(50)31-14-18-6-19(15-31)8-20(7-18)16-31/h4-5,9-11,13,18-20,24,28H,3,6-8,12,14-17H2,1-2H3/t18?,19?,20?,24-,28+,31?/m1/s1. The number of aryl methyl sites for hydroxylation is 1. The van der Waals surface area contributed by atoms with Crippen molar-refractivity contribution in [2.45, 2.75) is 95.6 Å². The van der Waals surface area contributed by atoms with Crippen LogP contribution in [-0.4, -0.2) is 38.5 Å². The second kappa shape index (κ2) is 12.3. The van der Waals surface area contributed by atoms with E-state index < -0.39 is 65.2 Å². The summed E-state index contributed by atoms with van der Waals surface area (Å²) in [6.07, 6.45) is -9.43. The van der Waals surface area contributed by atoms with Crippen LogP contribution in [0.15, 0.2) is 36.4 Å². The Labute approximate surface area is 286 Å². The fourth-order valence-corrected chi connectivity index (χ4v) is 9.47. The van der Waals surface area contributed by atoms with Crippen LogP contribution in [0.2, 0.25) is 0 Å². The minimum absolute atomic E-state index is 0.0200. The third-order valence-electron chi connectivity index (χ3n) is 11.0. The van der Waals surface area contributed by atoms with Crippen molar-refractivity contribution >= 4 is 17.5 Å². The van der Waals surface area contributed by atoms with Crippen LogP contribution in [0.5, 0.6) is 5.75 Å². The van der Waals surface area contributed by atoms with E-state index in [2.05, 4.69) is 20.1 Å². The quantitative estimate of drug-likeness (QED) is 0.227.